The molecule has 0 aromatic heterocycles. The lowest BCUT2D eigenvalue weighted by molar-refractivity contribution is -0.123. The van der Waals surface area contributed by atoms with E-state index in [1.165, 1.54) is 6.92 Å². The molecule has 1 amide bonds. The molecule has 0 radical (unpaired) electrons. The van der Waals surface area contributed by atoms with Crippen molar-refractivity contribution in [2.75, 3.05) is 36.5 Å². The summed E-state index contributed by atoms with van der Waals surface area (Å²) in [5, 5.41) is 2.33. The van der Waals surface area contributed by atoms with E-state index in [9.17, 15) is 18.4 Å². The number of rotatable bonds is 5. The fourth-order valence-corrected chi connectivity index (χ4v) is 3.01. The van der Waals surface area contributed by atoms with Crippen molar-refractivity contribution in [1.29, 1.82) is 0 Å². The smallest absolute Gasteiger partial charge is 0.340 e. The predicted molar refractivity (Wildman–Crippen MR) is 104 cm³/mol. The molecule has 0 bridgehead atoms. The number of carbonyl (C=O) groups excluding carboxylic acids is 2. The zero-order valence-electron chi connectivity index (χ0n) is 15.6. The summed E-state index contributed by atoms with van der Waals surface area (Å²) in [5.74, 6) is -4.02. The first-order valence-corrected chi connectivity index (χ1v) is 9.32. The standard InChI is InChI=1S/C20H19ClF2N2O4/c1-12(29-20(27)15-10-17(22)18(23)11-16(15)21)19(26)24-13-2-4-14(5-3-13)25-6-8-28-9-7-25/h2-5,10-12H,6-9H2,1H3,(H,24,26). The van der Waals surface area contributed by atoms with Crippen LogP contribution < -0.4 is 10.2 Å². The Morgan fingerprint density at radius 1 is 1.14 bits per heavy atom. The van der Waals surface area contributed by atoms with E-state index in [2.05, 4.69) is 10.2 Å². The Hall–Kier alpha value is -2.71. The number of nitrogens with zero attached hydrogens (tertiary/aromatic N) is 1. The lowest BCUT2D eigenvalue weighted by atomic mass is 10.2. The topological polar surface area (TPSA) is 67.9 Å². The zero-order valence-corrected chi connectivity index (χ0v) is 16.3. The number of amides is 1. The predicted octanol–water partition coefficient (Wildman–Crippen LogP) is 3.64. The van der Waals surface area contributed by atoms with Crippen LogP contribution >= 0.6 is 11.6 Å². The van der Waals surface area contributed by atoms with Crippen LogP contribution in [0.4, 0.5) is 20.2 Å². The fraction of sp³-hybridized carbons (Fsp3) is 0.300. The van der Waals surface area contributed by atoms with Gasteiger partial charge in [0.1, 0.15) is 0 Å². The molecular weight excluding hydrogens is 406 g/mol. The summed E-state index contributed by atoms with van der Waals surface area (Å²) in [6.45, 7) is 4.30. The maximum Gasteiger partial charge on any atom is 0.340 e. The van der Waals surface area contributed by atoms with Crippen LogP contribution in [0.15, 0.2) is 36.4 Å². The van der Waals surface area contributed by atoms with Crippen molar-refractivity contribution >= 4 is 34.9 Å². The van der Waals surface area contributed by atoms with Crippen LogP contribution in [0.25, 0.3) is 0 Å². The summed E-state index contributed by atoms with van der Waals surface area (Å²) >= 11 is 5.75. The first-order chi connectivity index (χ1) is 13.8. The van der Waals surface area contributed by atoms with Crippen molar-refractivity contribution < 1.29 is 27.8 Å². The lowest BCUT2D eigenvalue weighted by Gasteiger charge is -2.28. The van der Waals surface area contributed by atoms with E-state index in [1.807, 2.05) is 12.1 Å². The SMILES string of the molecule is CC(OC(=O)c1cc(F)c(F)cc1Cl)C(=O)Nc1ccc(N2CCOCC2)cc1. The highest BCUT2D eigenvalue weighted by atomic mass is 35.5. The van der Waals surface area contributed by atoms with Gasteiger partial charge in [-0.05, 0) is 43.3 Å². The molecule has 2 aromatic carbocycles. The van der Waals surface area contributed by atoms with Crippen LogP contribution in [0.1, 0.15) is 17.3 Å². The maximum atomic E-state index is 13.3. The zero-order chi connectivity index (χ0) is 21.0. The van der Waals surface area contributed by atoms with Crippen molar-refractivity contribution in [1.82, 2.24) is 0 Å². The third kappa shape index (κ3) is 5.21. The molecule has 1 N–H and O–H groups in total. The van der Waals surface area contributed by atoms with Crippen LogP contribution in [0.3, 0.4) is 0 Å². The molecule has 2 aromatic rings. The van der Waals surface area contributed by atoms with Crippen LogP contribution in [-0.4, -0.2) is 44.3 Å². The molecule has 0 aliphatic carbocycles. The molecule has 1 fully saturated rings. The number of hydrogen-bond donors (Lipinski definition) is 1. The molecule has 1 aliphatic rings. The van der Waals surface area contributed by atoms with E-state index in [-0.39, 0.29) is 10.6 Å². The monoisotopic (exact) mass is 424 g/mol. The summed E-state index contributed by atoms with van der Waals surface area (Å²) in [6, 6.07) is 8.54. The van der Waals surface area contributed by atoms with Gasteiger partial charge in [0, 0.05) is 24.5 Å². The second-order valence-corrected chi connectivity index (χ2v) is 6.84. The average Bonchev–Trinajstić information content (AvgIpc) is 2.71. The number of nitrogens with one attached hydrogen (secondary N) is 1. The van der Waals surface area contributed by atoms with Gasteiger partial charge in [0.2, 0.25) is 0 Å². The Balaban J connectivity index is 1.59. The van der Waals surface area contributed by atoms with Gasteiger partial charge in [-0.2, -0.15) is 0 Å². The summed E-state index contributed by atoms with van der Waals surface area (Å²) in [7, 11) is 0. The number of anilines is 2. The molecule has 3 rings (SSSR count). The van der Waals surface area contributed by atoms with Gasteiger partial charge in [-0.15, -0.1) is 0 Å². The first-order valence-electron chi connectivity index (χ1n) is 8.94. The minimum atomic E-state index is -1.24. The Kier molecular flexibility index (Phi) is 6.66. The Morgan fingerprint density at radius 2 is 1.76 bits per heavy atom. The van der Waals surface area contributed by atoms with E-state index >= 15 is 0 Å². The number of carbonyl (C=O) groups is 2. The minimum Gasteiger partial charge on any atom is -0.449 e. The average molecular weight is 425 g/mol. The van der Waals surface area contributed by atoms with Gasteiger partial charge < -0.3 is 19.7 Å². The molecule has 1 heterocycles. The molecule has 154 valence electrons. The Morgan fingerprint density at radius 3 is 2.41 bits per heavy atom. The fourth-order valence-electron chi connectivity index (χ4n) is 2.78. The highest BCUT2D eigenvalue weighted by molar-refractivity contribution is 6.33. The summed E-state index contributed by atoms with van der Waals surface area (Å²) in [5.41, 5.74) is 1.18. The third-order valence-electron chi connectivity index (χ3n) is 4.39. The molecule has 29 heavy (non-hydrogen) atoms. The van der Waals surface area contributed by atoms with E-state index in [4.69, 9.17) is 21.1 Å². The van der Waals surface area contributed by atoms with E-state index < -0.39 is 29.6 Å². The first kappa shape index (κ1) is 21.0. The van der Waals surface area contributed by atoms with Crippen molar-refractivity contribution in [3.8, 4) is 0 Å². The molecule has 0 saturated carbocycles. The number of ether oxygens (including phenoxy) is 2. The summed E-state index contributed by atoms with van der Waals surface area (Å²) < 4.78 is 36.8. The van der Waals surface area contributed by atoms with Gasteiger partial charge in [0.15, 0.2) is 17.7 Å². The second-order valence-electron chi connectivity index (χ2n) is 6.43. The van der Waals surface area contributed by atoms with Crippen molar-refractivity contribution in [3.63, 3.8) is 0 Å². The summed E-state index contributed by atoms with van der Waals surface area (Å²) in [4.78, 5) is 26.6. The number of hydrogen-bond acceptors (Lipinski definition) is 5. The second kappa shape index (κ2) is 9.19. The Bertz CT molecular complexity index is 902. The number of halogens is 3. The molecule has 6 nitrogen and oxygen atoms in total. The molecular formula is C20H19ClF2N2O4. The van der Waals surface area contributed by atoms with E-state index in [0.717, 1.165) is 18.8 Å². The highest BCUT2D eigenvalue weighted by Gasteiger charge is 2.22. The van der Waals surface area contributed by atoms with Crippen molar-refractivity contribution in [2.24, 2.45) is 0 Å². The van der Waals surface area contributed by atoms with Crippen LogP contribution in [0.5, 0.6) is 0 Å². The van der Waals surface area contributed by atoms with Crippen molar-refractivity contribution in [2.45, 2.75) is 13.0 Å². The molecule has 1 unspecified atom stereocenters. The van der Waals surface area contributed by atoms with Gasteiger partial charge in [-0.25, -0.2) is 13.6 Å². The quantitative estimate of drug-likeness (QED) is 0.586. The normalized spacial score (nSPS) is 15.0. The minimum absolute atomic E-state index is 0.305. The van der Waals surface area contributed by atoms with Crippen molar-refractivity contribution in [3.05, 3.63) is 58.6 Å². The van der Waals surface area contributed by atoms with Crippen LogP contribution in [0, 0.1) is 11.6 Å². The molecule has 9 heteroatoms. The molecule has 1 aliphatic heterocycles. The number of esters is 1. The molecule has 1 atom stereocenters. The third-order valence-corrected chi connectivity index (χ3v) is 4.71. The Labute approximate surface area is 171 Å². The van der Waals surface area contributed by atoms with Crippen LogP contribution in [-0.2, 0) is 14.3 Å². The number of benzene rings is 2. The lowest BCUT2D eigenvalue weighted by Crippen LogP contribution is -2.36. The van der Waals surface area contributed by atoms with E-state index in [1.54, 1.807) is 12.1 Å². The largest absolute Gasteiger partial charge is 0.449 e. The van der Waals surface area contributed by atoms with Gasteiger partial charge in [0.05, 0.1) is 23.8 Å². The van der Waals surface area contributed by atoms with Gasteiger partial charge >= 0.3 is 5.97 Å². The van der Waals surface area contributed by atoms with Crippen LogP contribution in [0.2, 0.25) is 5.02 Å². The van der Waals surface area contributed by atoms with Gasteiger partial charge in [-0.3, -0.25) is 4.79 Å². The van der Waals surface area contributed by atoms with Gasteiger partial charge in [0.25, 0.3) is 5.91 Å². The molecule has 0 spiro atoms. The highest BCUT2D eigenvalue weighted by Crippen LogP contribution is 2.22. The number of morpholine rings is 1. The molecule has 1 saturated heterocycles. The maximum absolute atomic E-state index is 13.3. The summed E-state index contributed by atoms with van der Waals surface area (Å²) in [6.07, 6.45) is -1.18. The van der Waals surface area contributed by atoms with E-state index in [0.29, 0.717) is 31.0 Å². The van der Waals surface area contributed by atoms with Gasteiger partial charge in [-0.1, -0.05) is 11.6 Å².